The van der Waals surface area contributed by atoms with E-state index in [-0.39, 0.29) is 8.95 Å². The number of rotatable bonds is 4. The summed E-state index contributed by atoms with van der Waals surface area (Å²) in [5.74, 6) is 0.214. The smallest absolute Gasteiger partial charge is 0.412 e. The van der Waals surface area contributed by atoms with Crippen molar-refractivity contribution < 1.29 is 19.0 Å². The van der Waals surface area contributed by atoms with Crippen molar-refractivity contribution in [1.29, 1.82) is 0 Å². The molecule has 0 bridgehead atoms. The van der Waals surface area contributed by atoms with Crippen LogP contribution < -0.4 is 9.64 Å². The molecule has 0 saturated carbocycles. The molecule has 0 spiro atoms. The molecule has 2 aromatic carbocycles. The van der Waals surface area contributed by atoms with Crippen LogP contribution in [0.4, 0.5) is 14.9 Å². The monoisotopic (exact) mass is 445 g/mol. The summed E-state index contributed by atoms with van der Waals surface area (Å²) < 4.78 is 19.2. The first-order valence-corrected chi connectivity index (χ1v) is 8.24. The largest absolute Gasteiger partial charge is 0.497 e. The van der Waals surface area contributed by atoms with Gasteiger partial charge in [0, 0.05) is 0 Å². The fraction of sp³-hybridized carbons (Fsp3) is 0.188. The van der Waals surface area contributed by atoms with Crippen molar-refractivity contribution >= 4 is 43.6 Å². The summed E-state index contributed by atoms with van der Waals surface area (Å²) in [5, 5.41) is 9.59. The number of anilines is 1. The molecule has 1 N–H and O–H groups in total. The van der Waals surface area contributed by atoms with Gasteiger partial charge in [0.05, 0.1) is 27.8 Å². The predicted molar refractivity (Wildman–Crippen MR) is 93.7 cm³/mol. The lowest BCUT2D eigenvalue weighted by atomic mass is 10.1. The molecule has 0 saturated heterocycles. The molecular formula is C16H14Br2FNO3. The van der Waals surface area contributed by atoms with Gasteiger partial charge in [0.2, 0.25) is 0 Å². The lowest BCUT2D eigenvalue weighted by molar-refractivity contribution is 0.199. The Labute approximate surface area is 150 Å². The number of hydrogen-bond donors (Lipinski definition) is 1. The molecule has 1 atom stereocenters. The van der Waals surface area contributed by atoms with E-state index in [1.807, 2.05) is 0 Å². The van der Waals surface area contributed by atoms with Gasteiger partial charge in [0.15, 0.2) is 5.82 Å². The fourth-order valence-corrected chi connectivity index (χ4v) is 3.37. The second-order valence-corrected chi connectivity index (χ2v) is 6.53. The maximum absolute atomic E-state index is 13.7. The van der Waals surface area contributed by atoms with Crippen molar-refractivity contribution in [2.45, 2.75) is 13.0 Å². The van der Waals surface area contributed by atoms with E-state index in [1.165, 1.54) is 17.0 Å². The van der Waals surface area contributed by atoms with Gasteiger partial charge in [-0.2, -0.15) is 0 Å². The zero-order chi connectivity index (χ0) is 17.1. The van der Waals surface area contributed by atoms with Crippen LogP contribution >= 0.6 is 31.9 Å². The summed E-state index contributed by atoms with van der Waals surface area (Å²) in [6.07, 6.45) is -1.13. The summed E-state index contributed by atoms with van der Waals surface area (Å²) in [6.45, 7) is 1.76. The van der Waals surface area contributed by atoms with E-state index in [9.17, 15) is 14.3 Å². The number of nitrogens with zero attached hydrogens (tertiary/aromatic N) is 1. The number of methoxy groups -OCH3 is 1. The molecule has 0 aliphatic heterocycles. The molecule has 0 radical (unpaired) electrons. The minimum Gasteiger partial charge on any atom is -0.497 e. The summed E-state index contributed by atoms with van der Waals surface area (Å²) in [4.78, 5) is 12.9. The van der Waals surface area contributed by atoms with Crippen LogP contribution in [0, 0.1) is 5.82 Å². The van der Waals surface area contributed by atoms with E-state index < -0.39 is 18.0 Å². The van der Waals surface area contributed by atoms with Gasteiger partial charge in [-0.05, 0) is 68.6 Å². The fourth-order valence-electron chi connectivity index (χ4n) is 2.21. The Kier molecular flexibility index (Phi) is 5.64. The summed E-state index contributed by atoms with van der Waals surface area (Å²) >= 11 is 6.19. The van der Waals surface area contributed by atoms with Gasteiger partial charge >= 0.3 is 6.09 Å². The number of carboxylic acid groups (broad SMARTS) is 1. The zero-order valence-electron chi connectivity index (χ0n) is 12.4. The second-order valence-electron chi connectivity index (χ2n) is 4.83. The molecule has 0 aliphatic rings. The average Bonchev–Trinajstić information content (AvgIpc) is 2.52. The molecule has 122 valence electrons. The second kappa shape index (κ2) is 7.31. The molecular weight excluding hydrogens is 433 g/mol. The van der Waals surface area contributed by atoms with Gasteiger partial charge in [-0.15, -0.1) is 0 Å². The molecule has 0 fully saturated rings. The Hall–Kier alpha value is -1.60. The standard InChI is InChI=1S/C16H14Br2FNO3/c1-9(10-3-5-12(23-2)6-4-10)20(16(21)22)11-7-13(17)15(19)14(18)8-11/h3-9H,1-2H3,(H,21,22). The van der Waals surface area contributed by atoms with Crippen molar-refractivity contribution in [3.05, 3.63) is 56.7 Å². The first kappa shape index (κ1) is 17.7. The number of benzene rings is 2. The quantitative estimate of drug-likeness (QED) is 0.621. The minimum absolute atomic E-state index is 0.190. The number of halogens is 3. The molecule has 1 unspecified atom stereocenters. The Morgan fingerprint density at radius 3 is 2.17 bits per heavy atom. The Bertz CT molecular complexity index is 699. The van der Waals surface area contributed by atoms with Gasteiger partial charge in [-0.3, -0.25) is 4.90 Å². The topological polar surface area (TPSA) is 49.8 Å². The predicted octanol–water partition coefficient (Wildman–Crippen LogP) is 5.60. The highest BCUT2D eigenvalue weighted by molar-refractivity contribution is 9.11. The average molecular weight is 447 g/mol. The van der Waals surface area contributed by atoms with Gasteiger partial charge in [0.1, 0.15) is 5.75 Å². The van der Waals surface area contributed by atoms with E-state index in [0.29, 0.717) is 11.4 Å². The van der Waals surface area contributed by atoms with Crippen molar-refractivity contribution in [3.63, 3.8) is 0 Å². The summed E-state index contributed by atoms with van der Waals surface area (Å²) in [6, 6.07) is 9.55. The van der Waals surface area contributed by atoms with Gasteiger partial charge < -0.3 is 9.84 Å². The van der Waals surface area contributed by atoms with Crippen LogP contribution in [0.15, 0.2) is 45.3 Å². The molecule has 2 rings (SSSR count). The number of hydrogen-bond acceptors (Lipinski definition) is 2. The van der Waals surface area contributed by atoms with Crippen molar-refractivity contribution in [3.8, 4) is 5.75 Å². The van der Waals surface area contributed by atoms with E-state index >= 15 is 0 Å². The zero-order valence-corrected chi connectivity index (χ0v) is 15.6. The van der Waals surface area contributed by atoms with Crippen molar-refractivity contribution in [2.24, 2.45) is 0 Å². The van der Waals surface area contributed by atoms with E-state index in [4.69, 9.17) is 4.74 Å². The number of ether oxygens (including phenoxy) is 1. The summed E-state index contributed by atoms with van der Waals surface area (Å²) in [5.41, 5.74) is 1.16. The van der Waals surface area contributed by atoms with Gasteiger partial charge in [-0.1, -0.05) is 12.1 Å². The van der Waals surface area contributed by atoms with Gasteiger partial charge in [-0.25, -0.2) is 9.18 Å². The maximum Gasteiger partial charge on any atom is 0.412 e. The highest BCUT2D eigenvalue weighted by Gasteiger charge is 2.24. The van der Waals surface area contributed by atoms with E-state index in [2.05, 4.69) is 31.9 Å². The third kappa shape index (κ3) is 3.84. The Balaban J connectivity index is 2.43. The molecule has 4 nitrogen and oxygen atoms in total. The van der Waals surface area contributed by atoms with Crippen LogP contribution in [0.2, 0.25) is 0 Å². The van der Waals surface area contributed by atoms with Crippen molar-refractivity contribution in [1.82, 2.24) is 0 Å². The number of amides is 1. The normalized spacial score (nSPS) is 11.9. The Morgan fingerprint density at radius 2 is 1.74 bits per heavy atom. The third-order valence-corrected chi connectivity index (χ3v) is 4.59. The van der Waals surface area contributed by atoms with E-state index in [0.717, 1.165) is 5.56 Å². The van der Waals surface area contributed by atoms with Gasteiger partial charge in [0.25, 0.3) is 0 Å². The first-order valence-electron chi connectivity index (χ1n) is 6.65. The highest BCUT2D eigenvalue weighted by atomic mass is 79.9. The summed E-state index contributed by atoms with van der Waals surface area (Å²) in [7, 11) is 1.57. The third-order valence-electron chi connectivity index (χ3n) is 3.44. The first-order chi connectivity index (χ1) is 10.8. The maximum atomic E-state index is 13.7. The SMILES string of the molecule is COc1ccc(C(C)N(C(=O)O)c2cc(Br)c(F)c(Br)c2)cc1. The molecule has 1 amide bonds. The lowest BCUT2D eigenvalue weighted by Crippen LogP contribution is -2.32. The van der Waals surface area contributed by atoms with Crippen molar-refractivity contribution in [2.75, 3.05) is 12.0 Å². The number of carbonyl (C=O) groups is 1. The molecule has 23 heavy (non-hydrogen) atoms. The lowest BCUT2D eigenvalue weighted by Gasteiger charge is -2.27. The Morgan fingerprint density at radius 1 is 1.22 bits per heavy atom. The molecule has 0 heterocycles. The van der Waals surface area contributed by atoms with Crippen LogP contribution in [-0.2, 0) is 0 Å². The highest BCUT2D eigenvalue weighted by Crippen LogP contribution is 2.34. The minimum atomic E-state index is -1.13. The van der Waals surface area contributed by atoms with Crippen LogP contribution in [0.5, 0.6) is 5.75 Å². The molecule has 7 heteroatoms. The van der Waals surface area contributed by atoms with Crippen LogP contribution in [0.25, 0.3) is 0 Å². The van der Waals surface area contributed by atoms with Crippen LogP contribution in [0.1, 0.15) is 18.5 Å². The molecule has 0 aliphatic carbocycles. The van der Waals surface area contributed by atoms with E-state index in [1.54, 1.807) is 38.3 Å². The molecule has 0 aromatic heterocycles. The van der Waals surface area contributed by atoms with Crippen LogP contribution in [-0.4, -0.2) is 18.3 Å². The van der Waals surface area contributed by atoms with Crippen LogP contribution in [0.3, 0.4) is 0 Å². The molecule has 2 aromatic rings.